The van der Waals surface area contributed by atoms with Gasteiger partial charge in [-0.25, -0.2) is 0 Å². The molecule has 1 aliphatic carbocycles. The number of rotatable bonds is 3. The highest BCUT2D eigenvalue weighted by Gasteiger charge is 2.52. The number of amides is 1. The number of carbonyl (C=O) groups is 1. The van der Waals surface area contributed by atoms with Gasteiger partial charge < -0.3 is 5.32 Å². The topological polar surface area (TPSA) is 54.9 Å². The molecule has 20 heavy (non-hydrogen) atoms. The van der Waals surface area contributed by atoms with Gasteiger partial charge in [0.25, 0.3) is 0 Å². The van der Waals surface area contributed by atoms with Crippen LogP contribution in [0, 0.1) is 13.8 Å². The Kier molecular flexibility index (Phi) is 3.01. The molecule has 2 aromatic heterocycles. The van der Waals surface area contributed by atoms with E-state index in [9.17, 15) is 4.79 Å². The molecule has 4 nitrogen and oxygen atoms in total. The average molecular weight is 267 g/mol. The molecule has 1 N–H and O–H groups in total. The van der Waals surface area contributed by atoms with E-state index in [-0.39, 0.29) is 5.91 Å². The number of hydrogen-bond acceptors (Lipinski definition) is 3. The summed E-state index contributed by atoms with van der Waals surface area (Å²) in [5.74, 6) is 0.0185. The van der Waals surface area contributed by atoms with Crippen molar-refractivity contribution in [2.75, 3.05) is 5.32 Å². The summed E-state index contributed by atoms with van der Waals surface area (Å²) in [6.45, 7) is 3.85. The minimum atomic E-state index is -0.446. The van der Waals surface area contributed by atoms with Crippen molar-refractivity contribution in [2.24, 2.45) is 0 Å². The van der Waals surface area contributed by atoms with Gasteiger partial charge in [-0.2, -0.15) is 0 Å². The lowest BCUT2D eigenvalue weighted by atomic mass is 10.0. The first-order valence-corrected chi connectivity index (χ1v) is 6.79. The molecular weight excluding hydrogens is 250 g/mol. The molecular formula is C16H17N3O. The van der Waals surface area contributed by atoms with E-state index in [0.29, 0.717) is 0 Å². The molecule has 2 heterocycles. The van der Waals surface area contributed by atoms with Crippen molar-refractivity contribution in [3.05, 3.63) is 53.6 Å². The van der Waals surface area contributed by atoms with E-state index in [1.807, 2.05) is 44.2 Å². The first-order chi connectivity index (χ1) is 9.62. The third kappa shape index (κ3) is 2.18. The van der Waals surface area contributed by atoms with Crippen molar-refractivity contribution in [1.29, 1.82) is 0 Å². The number of aromatic nitrogens is 2. The second-order valence-electron chi connectivity index (χ2n) is 5.34. The first kappa shape index (κ1) is 12.8. The zero-order valence-corrected chi connectivity index (χ0v) is 11.7. The third-order valence-corrected chi connectivity index (χ3v) is 3.81. The second kappa shape index (κ2) is 4.71. The van der Waals surface area contributed by atoms with E-state index in [2.05, 4.69) is 15.3 Å². The summed E-state index contributed by atoms with van der Waals surface area (Å²) < 4.78 is 0. The number of aryl methyl sites for hydroxylation is 2. The smallest absolute Gasteiger partial charge is 0.236 e. The monoisotopic (exact) mass is 267 g/mol. The maximum absolute atomic E-state index is 12.6. The van der Waals surface area contributed by atoms with Crippen LogP contribution in [-0.4, -0.2) is 15.9 Å². The fourth-order valence-corrected chi connectivity index (χ4v) is 2.43. The summed E-state index contributed by atoms with van der Waals surface area (Å²) in [5.41, 5.74) is 2.98. The van der Waals surface area contributed by atoms with Crippen LogP contribution < -0.4 is 5.32 Å². The summed E-state index contributed by atoms with van der Waals surface area (Å²) in [7, 11) is 0. The Balaban J connectivity index is 1.83. The normalized spacial score (nSPS) is 15.7. The molecule has 0 saturated heterocycles. The maximum Gasteiger partial charge on any atom is 0.236 e. The minimum absolute atomic E-state index is 0.0185. The van der Waals surface area contributed by atoms with E-state index in [1.165, 1.54) is 0 Å². The molecule has 0 aliphatic heterocycles. The molecule has 0 bridgehead atoms. The van der Waals surface area contributed by atoms with Gasteiger partial charge in [-0.15, -0.1) is 0 Å². The second-order valence-corrected chi connectivity index (χ2v) is 5.34. The van der Waals surface area contributed by atoms with Gasteiger partial charge in [0.2, 0.25) is 5.91 Å². The maximum atomic E-state index is 12.6. The standard InChI is InChI=1S/C16H17N3O/c1-11-6-7-13(12(2)18-11)19-15(20)16(8-9-16)14-5-3-4-10-17-14/h3-7,10H,8-9H2,1-2H3,(H,19,20). The lowest BCUT2D eigenvalue weighted by Crippen LogP contribution is -2.29. The Labute approximate surface area is 118 Å². The minimum Gasteiger partial charge on any atom is -0.324 e. The molecule has 1 fully saturated rings. The summed E-state index contributed by atoms with van der Waals surface area (Å²) in [5, 5.41) is 3.00. The number of carbonyl (C=O) groups excluding carboxylic acids is 1. The number of nitrogens with one attached hydrogen (secondary N) is 1. The van der Waals surface area contributed by atoms with E-state index < -0.39 is 5.41 Å². The van der Waals surface area contributed by atoms with Gasteiger partial charge in [0.15, 0.2) is 0 Å². The molecule has 3 rings (SSSR count). The van der Waals surface area contributed by atoms with Crippen molar-refractivity contribution in [3.63, 3.8) is 0 Å². The molecule has 102 valence electrons. The van der Waals surface area contributed by atoms with Gasteiger partial charge in [0.05, 0.1) is 22.5 Å². The van der Waals surface area contributed by atoms with Gasteiger partial charge >= 0.3 is 0 Å². The first-order valence-electron chi connectivity index (χ1n) is 6.79. The molecule has 0 unspecified atom stereocenters. The van der Waals surface area contributed by atoms with Crippen LogP contribution in [0.1, 0.15) is 29.9 Å². The highest BCUT2D eigenvalue weighted by molar-refractivity contribution is 6.01. The molecule has 1 amide bonds. The fraction of sp³-hybridized carbons (Fsp3) is 0.312. The lowest BCUT2D eigenvalue weighted by Gasteiger charge is -2.15. The van der Waals surface area contributed by atoms with Gasteiger partial charge in [-0.3, -0.25) is 14.8 Å². The molecule has 0 radical (unpaired) electrons. The number of anilines is 1. The summed E-state index contributed by atoms with van der Waals surface area (Å²) >= 11 is 0. The van der Waals surface area contributed by atoms with E-state index in [1.54, 1.807) is 6.20 Å². The average Bonchev–Trinajstić information content (AvgIpc) is 3.24. The molecule has 4 heteroatoms. The highest BCUT2D eigenvalue weighted by Crippen LogP contribution is 2.48. The Bertz CT molecular complexity index is 648. The lowest BCUT2D eigenvalue weighted by molar-refractivity contribution is -0.118. The van der Waals surface area contributed by atoms with E-state index in [0.717, 1.165) is 35.6 Å². The van der Waals surface area contributed by atoms with Crippen LogP contribution in [0.15, 0.2) is 36.5 Å². The molecule has 1 saturated carbocycles. The van der Waals surface area contributed by atoms with Crippen LogP contribution in [0.25, 0.3) is 0 Å². The Morgan fingerprint density at radius 1 is 1.20 bits per heavy atom. The molecule has 2 aromatic rings. The molecule has 0 spiro atoms. The Morgan fingerprint density at radius 2 is 2.00 bits per heavy atom. The van der Waals surface area contributed by atoms with E-state index in [4.69, 9.17) is 0 Å². The summed E-state index contributed by atoms with van der Waals surface area (Å²) in [6.07, 6.45) is 3.45. The zero-order chi connectivity index (χ0) is 14.2. The Morgan fingerprint density at radius 3 is 2.60 bits per heavy atom. The summed E-state index contributed by atoms with van der Waals surface area (Å²) in [6, 6.07) is 9.53. The van der Waals surface area contributed by atoms with E-state index >= 15 is 0 Å². The van der Waals surface area contributed by atoms with Gasteiger partial charge in [0, 0.05) is 11.9 Å². The highest BCUT2D eigenvalue weighted by atomic mass is 16.2. The van der Waals surface area contributed by atoms with Crippen LogP contribution in [0.4, 0.5) is 5.69 Å². The van der Waals surface area contributed by atoms with Gasteiger partial charge in [0.1, 0.15) is 0 Å². The van der Waals surface area contributed by atoms with Crippen molar-refractivity contribution in [1.82, 2.24) is 9.97 Å². The molecule has 1 aliphatic rings. The van der Waals surface area contributed by atoms with Crippen molar-refractivity contribution in [2.45, 2.75) is 32.1 Å². The zero-order valence-electron chi connectivity index (χ0n) is 11.7. The summed E-state index contributed by atoms with van der Waals surface area (Å²) in [4.78, 5) is 21.3. The van der Waals surface area contributed by atoms with Crippen LogP contribution in [0.2, 0.25) is 0 Å². The third-order valence-electron chi connectivity index (χ3n) is 3.81. The van der Waals surface area contributed by atoms with Crippen molar-refractivity contribution in [3.8, 4) is 0 Å². The quantitative estimate of drug-likeness (QED) is 0.930. The SMILES string of the molecule is Cc1ccc(NC(=O)C2(c3ccccn3)CC2)c(C)n1. The van der Waals surface area contributed by atoms with Crippen molar-refractivity contribution >= 4 is 11.6 Å². The number of nitrogens with zero attached hydrogens (tertiary/aromatic N) is 2. The van der Waals surface area contributed by atoms with Crippen LogP contribution in [0.5, 0.6) is 0 Å². The van der Waals surface area contributed by atoms with Gasteiger partial charge in [-0.1, -0.05) is 6.07 Å². The molecule has 0 atom stereocenters. The largest absolute Gasteiger partial charge is 0.324 e. The number of hydrogen-bond donors (Lipinski definition) is 1. The van der Waals surface area contributed by atoms with Gasteiger partial charge in [-0.05, 0) is 51.0 Å². The van der Waals surface area contributed by atoms with Crippen molar-refractivity contribution < 1.29 is 4.79 Å². The van der Waals surface area contributed by atoms with Crippen LogP contribution >= 0.6 is 0 Å². The van der Waals surface area contributed by atoms with Crippen LogP contribution in [0.3, 0.4) is 0 Å². The Hall–Kier alpha value is -2.23. The fourth-order valence-electron chi connectivity index (χ4n) is 2.43. The molecule has 0 aromatic carbocycles. The predicted molar refractivity (Wildman–Crippen MR) is 77.5 cm³/mol. The number of pyridine rings is 2. The van der Waals surface area contributed by atoms with Crippen LogP contribution in [-0.2, 0) is 10.2 Å². The predicted octanol–water partition coefficient (Wildman–Crippen LogP) is 2.76.